The lowest BCUT2D eigenvalue weighted by molar-refractivity contribution is -0.0498. The summed E-state index contributed by atoms with van der Waals surface area (Å²) < 4.78 is 35.4. The Hall–Kier alpha value is -3.42. The number of nitrogens with zero attached hydrogens (tertiary/aromatic N) is 2. The third-order valence-electron chi connectivity index (χ3n) is 3.71. The van der Waals surface area contributed by atoms with Crippen molar-refractivity contribution in [3.05, 3.63) is 72.1 Å². The second-order valence-corrected chi connectivity index (χ2v) is 5.64. The second kappa shape index (κ2) is 8.31. The Morgan fingerprint density at radius 1 is 1.19 bits per heavy atom. The molecule has 27 heavy (non-hydrogen) atoms. The minimum absolute atomic E-state index is 0.00680. The summed E-state index contributed by atoms with van der Waals surface area (Å²) in [6.45, 7) is -2.38. The molecule has 6 nitrogen and oxygen atoms in total. The number of alkyl halides is 2. The number of carbonyl (C=O) groups is 1. The molecule has 0 aliphatic carbocycles. The second-order valence-electron chi connectivity index (χ2n) is 5.64. The molecule has 0 fully saturated rings. The largest absolute Gasteiger partial charge is 0.497 e. The van der Waals surface area contributed by atoms with Crippen molar-refractivity contribution in [1.29, 1.82) is 0 Å². The molecule has 0 spiro atoms. The van der Waals surface area contributed by atoms with Gasteiger partial charge in [-0.25, -0.2) is 0 Å². The van der Waals surface area contributed by atoms with Crippen molar-refractivity contribution < 1.29 is 23.0 Å². The van der Waals surface area contributed by atoms with Crippen LogP contribution in [0, 0.1) is 0 Å². The molecule has 2 aromatic carbocycles. The number of rotatable bonds is 7. The molecular weight excluding hydrogens is 356 g/mol. The van der Waals surface area contributed by atoms with E-state index in [1.165, 1.54) is 30.5 Å². The number of benzene rings is 2. The van der Waals surface area contributed by atoms with Crippen LogP contribution in [0.15, 0.2) is 60.9 Å². The molecule has 140 valence electrons. The number of hydrogen-bond acceptors (Lipinski definition) is 4. The van der Waals surface area contributed by atoms with E-state index in [0.29, 0.717) is 17.8 Å². The average molecular weight is 373 g/mol. The Kier molecular flexibility index (Phi) is 5.65. The van der Waals surface area contributed by atoms with Gasteiger partial charge in [-0.05, 0) is 42.0 Å². The maximum Gasteiger partial charge on any atom is 0.387 e. The van der Waals surface area contributed by atoms with E-state index in [9.17, 15) is 13.6 Å². The van der Waals surface area contributed by atoms with Gasteiger partial charge in [0.25, 0.3) is 5.91 Å². The highest BCUT2D eigenvalue weighted by atomic mass is 19.3. The first-order chi connectivity index (χ1) is 13.0. The number of carbonyl (C=O) groups excluding carboxylic acids is 1. The number of nitrogens with one attached hydrogen (secondary N) is 1. The quantitative estimate of drug-likeness (QED) is 0.684. The highest BCUT2D eigenvalue weighted by molar-refractivity contribution is 6.04. The van der Waals surface area contributed by atoms with Crippen molar-refractivity contribution >= 4 is 11.6 Å². The van der Waals surface area contributed by atoms with Crippen LogP contribution < -0.4 is 14.8 Å². The highest BCUT2D eigenvalue weighted by Gasteiger charge is 2.10. The summed E-state index contributed by atoms with van der Waals surface area (Å²) in [4.78, 5) is 12.2. The Morgan fingerprint density at radius 2 is 1.96 bits per heavy atom. The highest BCUT2D eigenvalue weighted by Crippen LogP contribution is 2.17. The zero-order valence-electron chi connectivity index (χ0n) is 14.4. The molecule has 0 radical (unpaired) electrons. The van der Waals surface area contributed by atoms with Gasteiger partial charge in [-0.3, -0.25) is 9.48 Å². The summed E-state index contributed by atoms with van der Waals surface area (Å²) in [6, 6.07) is 13.0. The fraction of sp³-hybridized carbons (Fsp3) is 0.158. The predicted octanol–water partition coefficient (Wildman–Crippen LogP) is 3.79. The van der Waals surface area contributed by atoms with Crippen LogP contribution in [-0.2, 0) is 6.54 Å². The van der Waals surface area contributed by atoms with Crippen LogP contribution in [0.5, 0.6) is 11.5 Å². The van der Waals surface area contributed by atoms with E-state index in [4.69, 9.17) is 4.74 Å². The van der Waals surface area contributed by atoms with E-state index in [1.807, 2.05) is 24.3 Å². The SMILES string of the molecule is COc1cccc(Cn2cc(NC(=O)c3ccc(OC(F)F)cc3)cn2)c1. The number of amides is 1. The van der Waals surface area contributed by atoms with Gasteiger partial charge in [0, 0.05) is 11.8 Å². The van der Waals surface area contributed by atoms with Gasteiger partial charge >= 0.3 is 6.61 Å². The standard InChI is InChI=1S/C19H17F2N3O3/c1-26-17-4-2-3-13(9-17)11-24-12-15(10-22-24)23-18(25)14-5-7-16(8-6-14)27-19(20)21/h2-10,12,19H,11H2,1H3,(H,23,25). The number of aromatic nitrogens is 2. The lowest BCUT2D eigenvalue weighted by Gasteiger charge is -2.06. The van der Waals surface area contributed by atoms with Gasteiger partial charge in [0.2, 0.25) is 0 Å². The monoisotopic (exact) mass is 373 g/mol. The average Bonchev–Trinajstić information content (AvgIpc) is 3.08. The van der Waals surface area contributed by atoms with E-state index < -0.39 is 6.61 Å². The Bertz CT molecular complexity index is 911. The van der Waals surface area contributed by atoms with E-state index in [2.05, 4.69) is 15.2 Å². The topological polar surface area (TPSA) is 65.4 Å². The molecule has 0 saturated carbocycles. The zero-order valence-corrected chi connectivity index (χ0v) is 14.4. The molecule has 1 amide bonds. The Morgan fingerprint density at radius 3 is 2.67 bits per heavy atom. The van der Waals surface area contributed by atoms with Crippen LogP contribution in [0.4, 0.5) is 14.5 Å². The maximum atomic E-state index is 12.2. The molecule has 3 rings (SSSR count). The van der Waals surface area contributed by atoms with E-state index in [1.54, 1.807) is 18.0 Å². The van der Waals surface area contributed by atoms with Gasteiger partial charge in [0.1, 0.15) is 11.5 Å². The summed E-state index contributed by atoms with van der Waals surface area (Å²) in [6.07, 6.45) is 3.23. The lowest BCUT2D eigenvalue weighted by Crippen LogP contribution is -2.11. The van der Waals surface area contributed by atoms with Crippen molar-refractivity contribution in [3.8, 4) is 11.5 Å². The first-order valence-corrected chi connectivity index (χ1v) is 8.05. The normalized spacial score (nSPS) is 10.7. The molecule has 1 aromatic heterocycles. The molecule has 0 saturated heterocycles. The maximum absolute atomic E-state index is 12.2. The van der Waals surface area contributed by atoms with Gasteiger partial charge in [0.15, 0.2) is 0 Å². The van der Waals surface area contributed by atoms with Gasteiger partial charge in [-0.2, -0.15) is 13.9 Å². The lowest BCUT2D eigenvalue weighted by atomic mass is 10.2. The van der Waals surface area contributed by atoms with Crippen molar-refractivity contribution in [2.75, 3.05) is 12.4 Å². The minimum Gasteiger partial charge on any atom is -0.497 e. The Balaban J connectivity index is 1.62. The van der Waals surface area contributed by atoms with Crippen molar-refractivity contribution in [3.63, 3.8) is 0 Å². The van der Waals surface area contributed by atoms with Crippen molar-refractivity contribution in [2.45, 2.75) is 13.2 Å². The zero-order chi connectivity index (χ0) is 19.2. The van der Waals surface area contributed by atoms with Gasteiger partial charge < -0.3 is 14.8 Å². The molecule has 8 heteroatoms. The van der Waals surface area contributed by atoms with E-state index in [0.717, 1.165) is 11.3 Å². The summed E-state index contributed by atoms with van der Waals surface area (Å²) in [5.74, 6) is 0.375. The van der Waals surface area contributed by atoms with Crippen LogP contribution >= 0.6 is 0 Å². The van der Waals surface area contributed by atoms with Crippen molar-refractivity contribution in [2.24, 2.45) is 0 Å². The number of hydrogen-bond donors (Lipinski definition) is 1. The summed E-state index contributed by atoms with van der Waals surface area (Å²) >= 11 is 0. The fourth-order valence-electron chi connectivity index (χ4n) is 2.46. The van der Waals surface area contributed by atoms with E-state index in [-0.39, 0.29) is 11.7 Å². The molecular formula is C19H17F2N3O3. The summed E-state index contributed by atoms with van der Waals surface area (Å²) in [7, 11) is 1.60. The van der Waals surface area contributed by atoms with Crippen molar-refractivity contribution in [1.82, 2.24) is 9.78 Å². The van der Waals surface area contributed by atoms with Crippen LogP contribution in [0.3, 0.4) is 0 Å². The molecule has 0 unspecified atom stereocenters. The first kappa shape index (κ1) is 18.4. The van der Waals surface area contributed by atoms with E-state index >= 15 is 0 Å². The predicted molar refractivity (Wildman–Crippen MR) is 95.4 cm³/mol. The smallest absolute Gasteiger partial charge is 0.387 e. The van der Waals surface area contributed by atoms with Crippen LogP contribution in [0.1, 0.15) is 15.9 Å². The third kappa shape index (κ3) is 5.04. The number of ether oxygens (including phenoxy) is 2. The third-order valence-corrected chi connectivity index (χ3v) is 3.71. The number of anilines is 1. The van der Waals surface area contributed by atoms with Crippen LogP contribution in [0.25, 0.3) is 0 Å². The molecule has 1 N–H and O–H groups in total. The summed E-state index contributed by atoms with van der Waals surface area (Å²) in [5.41, 5.74) is 1.85. The first-order valence-electron chi connectivity index (χ1n) is 8.05. The van der Waals surface area contributed by atoms with Gasteiger partial charge in [-0.15, -0.1) is 0 Å². The molecule has 0 aliphatic heterocycles. The van der Waals surface area contributed by atoms with Gasteiger partial charge in [-0.1, -0.05) is 12.1 Å². The molecule has 0 atom stereocenters. The molecule has 0 bridgehead atoms. The fourth-order valence-corrected chi connectivity index (χ4v) is 2.46. The van der Waals surface area contributed by atoms with Crippen LogP contribution in [0.2, 0.25) is 0 Å². The van der Waals surface area contributed by atoms with Crippen LogP contribution in [-0.4, -0.2) is 29.4 Å². The number of halogens is 2. The summed E-state index contributed by atoms with van der Waals surface area (Å²) in [5, 5.41) is 6.93. The molecule has 3 aromatic rings. The number of methoxy groups -OCH3 is 1. The van der Waals surface area contributed by atoms with Gasteiger partial charge in [0.05, 0.1) is 25.5 Å². The minimum atomic E-state index is -2.90. The Labute approximate surface area is 154 Å². The molecule has 1 heterocycles. The molecule has 0 aliphatic rings.